The largest absolute Gasteiger partial charge is 0.497 e. The smallest absolute Gasteiger partial charge is 0.226 e. The van der Waals surface area contributed by atoms with Crippen LogP contribution in [0.1, 0.15) is 38.5 Å². The predicted octanol–water partition coefficient (Wildman–Crippen LogP) is 3.58. The van der Waals surface area contributed by atoms with Gasteiger partial charge in [-0.15, -0.1) is 0 Å². The predicted molar refractivity (Wildman–Crippen MR) is 102 cm³/mol. The van der Waals surface area contributed by atoms with E-state index in [0.717, 1.165) is 47.0 Å². The Morgan fingerprint density at radius 2 is 2.00 bits per heavy atom. The minimum atomic E-state index is 0.102. The van der Waals surface area contributed by atoms with Crippen LogP contribution >= 0.6 is 11.3 Å². The third-order valence-electron chi connectivity index (χ3n) is 5.31. The van der Waals surface area contributed by atoms with Gasteiger partial charge in [0.25, 0.3) is 0 Å². The first-order valence-electron chi connectivity index (χ1n) is 9.23. The van der Waals surface area contributed by atoms with Crippen molar-refractivity contribution in [3.05, 3.63) is 18.2 Å². The fourth-order valence-electron chi connectivity index (χ4n) is 3.70. The number of carbonyl (C=O) groups is 1. The maximum atomic E-state index is 12.5. The summed E-state index contributed by atoms with van der Waals surface area (Å²) in [6.45, 7) is 1.55. The second-order valence-electron chi connectivity index (χ2n) is 7.13. The Labute approximate surface area is 152 Å². The van der Waals surface area contributed by atoms with E-state index in [1.54, 1.807) is 18.4 Å². The Bertz CT molecular complexity index is 746. The van der Waals surface area contributed by atoms with Gasteiger partial charge in [0.1, 0.15) is 5.75 Å². The third kappa shape index (κ3) is 3.59. The topological polar surface area (TPSA) is 54.5 Å². The molecule has 0 unspecified atom stereocenters. The molecule has 1 aromatic carbocycles. The molecule has 5 nitrogen and oxygen atoms in total. The van der Waals surface area contributed by atoms with Crippen LogP contribution in [0.2, 0.25) is 0 Å². The van der Waals surface area contributed by atoms with Crippen molar-refractivity contribution in [3.63, 3.8) is 0 Å². The molecule has 0 bridgehead atoms. The molecule has 25 heavy (non-hydrogen) atoms. The summed E-state index contributed by atoms with van der Waals surface area (Å²) in [4.78, 5) is 19.4. The normalized spacial score (nSPS) is 19.5. The van der Waals surface area contributed by atoms with Crippen molar-refractivity contribution in [2.24, 2.45) is 5.92 Å². The number of amides is 1. The van der Waals surface area contributed by atoms with Crippen molar-refractivity contribution in [1.29, 1.82) is 0 Å². The van der Waals surface area contributed by atoms with Crippen LogP contribution in [0.4, 0.5) is 5.13 Å². The average molecular weight is 359 g/mol. The van der Waals surface area contributed by atoms with Crippen molar-refractivity contribution in [2.45, 2.75) is 44.6 Å². The van der Waals surface area contributed by atoms with E-state index in [-0.39, 0.29) is 11.8 Å². The highest BCUT2D eigenvalue weighted by molar-refractivity contribution is 7.22. The van der Waals surface area contributed by atoms with Crippen molar-refractivity contribution >= 4 is 32.6 Å². The average Bonchev–Trinajstić information content (AvgIpc) is 2.80. The van der Waals surface area contributed by atoms with Crippen LogP contribution in [0.15, 0.2) is 18.2 Å². The van der Waals surface area contributed by atoms with E-state index in [1.165, 1.54) is 25.7 Å². The van der Waals surface area contributed by atoms with Crippen molar-refractivity contribution < 1.29 is 9.53 Å². The number of nitrogens with one attached hydrogen (secondary N) is 1. The molecule has 1 aliphatic heterocycles. The lowest BCUT2D eigenvalue weighted by Gasteiger charge is -2.38. The van der Waals surface area contributed by atoms with Crippen molar-refractivity contribution in [1.82, 2.24) is 10.3 Å². The highest BCUT2D eigenvalue weighted by Gasteiger charge is 2.35. The first kappa shape index (κ1) is 16.6. The summed E-state index contributed by atoms with van der Waals surface area (Å²) in [7, 11) is 1.68. The number of benzene rings is 1. The molecular formula is C19H25N3O2S. The van der Waals surface area contributed by atoms with E-state index in [0.29, 0.717) is 6.04 Å². The number of hydrogen-bond donors (Lipinski definition) is 1. The summed E-state index contributed by atoms with van der Waals surface area (Å²) < 4.78 is 6.40. The molecule has 6 heteroatoms. The lowest BCUT2D eigenvalue weighted by atomic mass is 9.98. The zero-order chi connectivity index (χ0) is 17.2. The number of hydrogen-bond acceptors (Lipinski definition) is 5. The number of methoxy groups -OCH3 is 1. The fraction of sp³-hybridized carbons (Fsp3) is 0.579. The van der Waals surface area contributed by atoms with Crippen LogP contribution in [0, 0.1) is 5.92 Å². The number of carbonyl (C=O) groups excluding carboxylic acids is 1. The Morgan fingerprint density at radius 3 is 2.72 bits per heavy atom. The summed E-state index contributed by atoms with van der Waals surface area (Å²) in [6, 6.07) is 6.33. The Kier molecular flexibility index (Phi) is 4.79. The maximum absolute atomic E-state index is 12.5. The first-order valence-corrected chi connectivity index (χ1v) is 10.0. The van der Waals surface area contributed by atoms with Gasteiger partial charge in [-0.2, -0.15) is 0 Å². The highest BCUT2D eigenvalue weighted by Crippen LogP contribution is 2.34. The molecule has 0 radical (unpaired) electrons. The molecule has 2 aliphatic rings. The van der Waals surface area contributed by atoms with Gasteiger partial charge in [-0.25, -0.2) is 4.98 Å². The van der Waals surface area contributed by atoms with E-state index < -0.39 is 0 Å². The van der Waals surface area contributed by atoms with Gasteiger partial charge in [-0.1, -0.05) is 37.0 Å². The lowest BCUT2D eigenvalue weighted by molar-refractivity contribution is -0.126. The van der Waals surface area contributed by atoms with Crippen LogP contribution < -0.4 is 15.0 Å². The van der Waals surface area contributed by atoms with E-state index >= 15 is 0 Å². The van der Waals surface area contributed by atoms with E-state index in [9.17, 15) is 4.79 Å². The molecular weight excluding hydrogens is 334 g/mol. The molecule has 2 aromatic rings. The molecule has 0 atom stereocenters. The molecule has 1 saturated carbocycles. The standard InChI is InChI=1S/C19H25N3O2S/c1-24-15-8-9-16-17(10-15)25-19(21-16)22-11-13(12-22)18(23)20-14-6-4-2-3-5-7-14/h8-10,13-14H,2-7,11-12H2,1H3,(H,20,23). The first-order chi connectivity index (χ1) is 12.2. The van der Waals surface area contributed by atoms with Gasteiger partial charge in [-0.05, 0) is 31.0 Å². The van der Waals surface area contributed by atoms with Gasteiger partial charge in [0.05, 0.1) is 23.2 Å². The molecule has 1 aliphatic carbocycles. The zero-order valence-corrected chi connectivity index (χ0v) is 15.5. The number of anilines is 1. The minimum Gasteiger partial charge on any atom is -0.497 e. The van der Waals surface area contributed by atoms with E-state index in [2.05, 4.69) is 15.2 Å². The van der Waals surface area contributed by atoms with Gasteiger partial charge in [0, 0.05) is 19.1 Å². The van der Waals surface area contributed by atoms with Gasteiger partial charge in [0.2, 0.25) is 5.91 Å². The minimum absolute atomic E-state index is 0.102. The summed E-state index contributed by atoms with van der Waals surface area (Å²) >= 11 is 1.67. The number of ether oxygens (including phenoxy) is 1. The lowest BCUT2D eigenvalue weighted by Crippen LogP contribution is -2.55. The summed E-state index contributed by atoms with van der Waals surface area (Å²) in [5, 5.41) is 4.28. The third-order valence-corrected chi connectivity index (χ3v) is 6.39. The molecule has 1 N–H and O–H groups in total. The van der Waals surface area contributed by atoms with E-state index in [4.69, 9.17) is 4.74 Å². The molecule has 1 saturated heterocycles. The Balaban J connectivity index is 1.34. The van der Waals surface area contributed by atoms with Gasteiger partial charge < -0.3 is 15.0 Å². The fourth-order valence-corrected chi connectivity index (χ4v) is 4.71. The van der Waals surface area contributed by atoms with E-state index in [1.807, 2.05) is 18.2 Å². The summed E-state index contributed by atoms with van der Waals surface area (Å²) in [6.07, 6.45) is 7.40. The van der Waals surface area contributed by atoms with Gasteiger partial charge in [0.15, 0.2) is 5.13 Å². The molecule has 2 fully saturated rings. The molecule has 0 spiro atoms. The number of rotatable bonds is 4. The number of aromatic nitrogens is 1. The number of thiazole rings is 1. The second kappa shape index (κ2) is 7.20. The molecule has 4 rings (SSSR count). The molecule has 1 aromatic heterocycles. The van der Waals surface area contributed by atoms with Gasteiger partial charge >= 0.3 is 0 Å². The van der Waals surface area contributed by atoms with Crippen molar-refractivity contribution in [3.8, 4) is 5.75 Å². The monoisotopic (exact) mass is 359 g/mol. The Morgan fingerprint density at radius 1 is 1.24 bits per heavy atom. The number of nitrogens with zero attached hydrogens (tertiary/aromatic N) is 2. The zero-order valence-electron chi connectivity index (χ0n) is 14.7. The number of fused-ring (bicyclic) bond motifs is 1. The van der Waals surface area contributed by atoms with Crippen LogP contribution in [-0.2, 0) is 4.79 Å². The second-order valence-corrected chi connectivity index (χ2v) is 8.14. The molecule has 1 amide bonds. The van der Waals surface area contributed by atoms with Crippen LogP contribution in [0.5, 0.6) is 5.75 Å². The molecule has 2 heterocycles. The SMILES string of the molecule is COc1ccc2nc(N3CC(C(=O)NC4CCCCCC4)C3)sc2c1. The van der Waals surface area contributed by atoms with Crippen LogP contribution in [0.3, 0.4) is 0 Å². The van der Waals surface area contributed by atoms with Crippen molar-refractivity contribution in [2.75, 3.05) is 25.1 Å². The maximum Gasteiger partial charge on any atom is 0.226 e. The van der Waals surface area contributed by atoms with Crippen LogP contribution in [0.25, 0.3) is 10.2 Å². The summed E-state index contributed by atoms with van der Waals surface area (Å²) in [5.74, 6) is 1.18. The quantitative estimate of drug-likeness (QED) is 0.848. The summed E-state index contributed by atoms with van der Waals surface area (Å²) in [5.41, 5.74) is 0.993. The Hall–Kier alpha value is -1.82. The van der Waals surface area contributed by atoms with Crippen LogP contribution in [-0.4, -0.2) is 37.1 Å². The molecule has 134 valence electrons. The highest BCUT2D eigenvalue weighted by atomic mass is 32.1. The van der Waals surface area contributed by atoms with Gasteiger partial charge in [-0.3, -0.25) is 4.79 Å².